The second kappa shape index (κ2) is 7.33. The highest BCUT2D eigenvalue weighted by Crippen LogP contribution is 2.28. The lowest BCUT2D eigenvalue weighted by atomic mass is 10.2. The first kappa shape index (κ1) is 16.4. The van der Waals surface area contributed by atoms with Crippen LogP contribution in [0.25, 0.3) is 0 Å². The zero-order valence-corrected chi connectivity index (χ0v) is 13.1. The van der Waals surface area contributed by atoms with Gasteiger partial charge < -0.3 is 25.2 Å². The summed E-state index contributed by atoms with van der Waals surface area (Å²) in [6.07, 6.45) is 0.732. The normalized spacial score (nSPS) is 21.5. The number of aliphatic hydroxyl groups is 1. The molecule has 0 radical (unpaired) electrons. The van der Waals surface area contributed by atoms with Gasteiger partial charge in [0.25, 0.3) is 0 Å². The third-order valence-electron chi connectivity index (χ3n) is 3.89. The van der Waals surface area contributed by atoms with Gasteiger partial charge in [0.05, 0.1) is 26.5 Å². The Morgan fingerprint density at radius 3 is 2.77 bits per heavy atom. The number of methoxy groups -OCH3 is 2. The zero-order valence-electron chi connectivity index (χ0n) is 13.1. The van der Waals surface area contributed by atoms with Gasteiger partial charge >= 0.3 is 6.03 Å². The smallest absolute Gasteiger partial charge is 0.319 e. The third-order valence-corrected chi connectivity index (χ3v) is 3.89. The van der Waals surface area contributed by atoms with Crippen LogP contribution in [0.2, 0.25) is 0 Å². The van der Waals surface area contributed by atoms with Crippen LogP contribution >= 0.6 is 0 Å². The Kier molecular flexibility index (Phi) is 5.46. The molecule has 1 saturated heterocycles. The van der Waals surface area contributed by atoms with Crippen LogP contribution in [0.15, 0.2) is 18.2 Å². The molecule has 0 spiro atoms. The molecule has 1 heterocycles. The summed E-state index contributed by atoms with van der Waals surface area (Å²) in [6.45, 7) is 0.813. The SMILES string of the molecule is COc1ccc(OC)c(NC(=O)N[C@@H]2C[C@@H](CO)N(C)C2)c1. The number of likely N-dealkylation sites (tertiary alicyclic amines) is 1. The van der Waals surface area contributed by atoms with Crippen molar-refractivity contribution in [3.63, 3.8) is 0 Å². The average Bonchev–Trinajstić information content (AvgIpc) is 2.86. The van der Waals surface area contributed by atoms with E-state index in [4.69, 9.17) is 9.47 Å². The molecule has 0 bridgehead atoms. The van der Waals surface area contributed by atoms with Crippen molar-refractivity contribution in [2.75, 3.05) is 39.7 Å². The van der Waals surface area contributed by atoms with Crippen LogP contribution in [-0.4, -0.2) is 62.5 Å². The maximum Gasteiger partial charge on any atom is 0.319 e. The lowest BCUT2D eigenvalue weighted by Crippen LogP contribution is -2.39. The number of amides is 2. The number of anilines is 1. The molecule has 2 atom stereocenters. The Labute approximate surface area is 130 Å². The second-order valence-electron chi connectivity index (χ2n) is 5.37. The number of hydrogen-bond acceptors (Lipinski definition) is 5. The summed E-state index contributed by atoms with van der Waals surface area (Å²) >= 11 is 0. The predicted octanol–water partition coefficient (Wildman–Crippen LogP) is 0.890. The average molecular weight is 309 g/mol. The number of nitrogens with one attached hydrogen (secondary N) is 2. The molecule has 7 heteroatoms. The Morgan fingerprint density at radius 2 is 2.18 bits per heavy atom. The summed E-state index contributed by atoms with van der Waals surface area (Å²) in [5, 5.41) is 14.9. The van der Waals surface area contributed by atoms with Crippen LogP contribution in [0.5, 0.6) is 11.5 Å². The van der Waals surface area contributed by atoms with Gasteiger partial charge in [0.15, 0.2) is 0 Å². The van der Waals surface area contributed by atoms with Gasteiger partial charge in [0.1, 0.15) is 11.5 Å². The third kappa shape index (κ3) is 3.80. The van der Waals surface area contributed by atoms with E-state index in [0.29, 0.717) is 23.7 Å². The van der Waals surface area contributed by atoms with Gasteiger partial charge in [-0.2, -0.15) is 0 Å². The second-order valence-corrected chi connectivity index (χ2v) is 5.37. The number of carbonyl (C=O) groups excluding carboxylic acids is 1. The number of hydrogen-bond donors (Lipinski definition) is 3. The van der Waals surface area contributed by atoms with E-state index in [0.717, 1.165) is 6.42 Å². The molecule has 0 saturated carbocycles. The molecule has 3 N–H and O–H groups in total. The molecular formula is C15H23N3O4. The Hall–Kier alpha value is -1.99. The molecule has 1 aromatic carbocycles. The fourth-order valence-corrected chi connectivity index (χ4v) is 2.65. The molecule has 1 aromatic rings. The van der Waals surface area contributed by atoms with Crippen LogP contribution in [0.1, 0.15) is 6.42 Å². The quantitative estimate of drug-likeness (QED) is 0.752. The standard InChI is InChI=1S/C15H23N3O4/c1-18-8-10(6-11(18)9-19)16-15(20)17-13-7-12(21-2)4-5-14(13)22-3/h4-5,7,10-11,19H,6,8-9H2,1-3H3,(H2,16,17,20)/t10-,11+/m1/s1. The molecule has 1 aliphatic heterocycles. The van der Waals surface area contributed by atoms with Crippen LogP contribution in [-0.2, 0) is 0 Å². The van der Waals surface area contributed by atoms with E-state index in [9.17, 15) is 9.90 Å². The summed E-state index contributed by atoms with van der Waals surface area (Å²) in [7, 11) is 5.04. The highest BCUT2D eigenvalue weighted by molar-refractivity contribution is 5.91. The van der Waals surface area contributed by atoms with Crippen molar-refractivity contribution in [3.05, 3.63) is 18.2 Å². The maximum absolute atomic E-state index is 12.1. The highest BCUT2D eigenvalue weighted by atomic mass is 16.5. The molecule has 2 rings (SSSR count). The van der Waals surface area contributed by atoms with Crippen molar-refractivity contribution < 1.29 is 19.4 Å². The number of carbonyl (C=O) groups is 1. The maximum atomic E-state index is 12.1. The van der Waals surface area contributed by atoms with E-state index < -0.39 is 0 Å². The van der Waals surface area contributed by atoms with Gasteiger partial charge in [-0.1, -0.05) is 0 Å². The Bertz CT molecular complexity index is 524. The van der Waals surface area contributed by atoms with E-state index in [2.05, 4.69) is 10.6 Å². The molecule has 0 aliphatic carbocycles. The summed E-state index contributed by atoms with van der Waals surface area (Å²) in [5.41, 5.74) is 0.546. The number of aliphatic hydroxyl groups excluding tert-OH is 1. The number of urea groups is 1. The van der Waals surface area contributed by atoms with Crippen LogP contribution in [0.3, 0.4) is 0 Å². The fourth-order valence-electron chi connectivity index (χ4n) is 2.65. The van der Waals surface area contributed by atoms with Gasteiger partial charge in [-0.25, -0.2) is 4.79 Å². The number of rotatable bonds is 5. The topological polar surface area (TPSA) is 83.1 Å². The van der Waals surface area contributed by atoms with Gasteiger partial charge in [0, 0.05) is 24.7 Å². The molecular weight excluding hydrogens is 286 g/mol. The van der Waals surface area contributed by atoms with Crippen molar-refractivity contribution >= 4 is 11.7 Å². The van der Waals surface area contributed by atoms with E-state index in [1.165, 1.54) is 0 Å². The zero-order chi connectivity index (χ0) is 16.1. The largest absolute Gasteiger partial charge is 0.497 e. The van der Waals surface area contributed by atoms with Crippen molar-refractivity contribution in [2.24, 2.45) is 0 Å². The van der Waals surface area contributed by atoms with Crippen LogP contribution in [0, 0.1) is 0 Å². The van der Waals surface area contributed by atoms with E-state index >= 15 is 0 Å². The molecule has 1 aliphatic rings. The first-order valence-corrected chi connectivity index (χ1v) is 7.18. The van der Waals surface area contributed by atoms with Crippen LogP contribution < -0.4 is 20.1 Å². The van der Waals surface area contributed by atoms with E-state index in [1.807, 2.05) is 11.9 Å². The summed E-state index contributed by atoms with van der Waals surface area (Å²) in [6, 6.07) is 5.01. The fraction of sp³-hybridized carbons (Fsp3) is 0.533. The molecule has 122 valence electrons. The number of ether oxygens (including phenoxy) is 2. The van der Waals surface area contributed by atoms with Crippen LogP contribution in [0.4, 0.5) is 10.5 Å². The molecule has 2 amide bonds. The number of nitrogens with zero attached hydrogens (tertiary/aromatic N) is 1. The molecule has 7 nitrogen and oxygen atoms in total. The van der Waals surface area contributed by atoms with E-state index in [1.54, 1.807) is 32.4 Å². The first-order valence-electron chi connectivity index (χ1n) is 7.18. The Morgan fingerprint density at radius 1 is 1.41 bits per heavy atom. The van der Waals surface area contributed by atoms with E-state index in [-0.39, 0.29) is 24.7 Å². The molecule has 1 fully saturated rings. The summed E-state index contributed by atoms with van der Waals surface area (Å²) in [5.74, 6) is 1.20. The Balaban J connectivity index is 1.97. The van der Waals surface area contributed by atoms with Gasteiger partial charge in [0.2, 0.25) is 0 Å². The van der Waals surface area contributed by atoms with Gasteiger partial charge in [-0.05, 0) is 25.6 Å². The van der Waals surface area contributed by atoms with Gasteiger partial charge in [-0.3, -0.25) is 4.90 Å². The highest BCUT2D eigenvalue weighted by Gasteiger charge is 2.29. The lowest BCUT2D eigenvalue weighted by molar-refractivity contribution is 0.182. The number of benzene rings is 1. The lowest BCUT2D eigenvalue weighted by Gasteiger charge is -2.16. The number of likely N-dealkylation sites (N-methyl/N-ethyl adjacent to an activating group) is 1. The van der Waals surface area contributed by atoms with Crippen molar-refractivity contribution in [3.8, 4) is 11.5 Å². The molecule has 22 heavy (non-hydrogen) atoms. The summed E-state index contributed by atoms with van der Waals surface area (Å²) in [4.78, 5) is 14.2. The minimum Gasteiger partial charge on any atom is -0.497 e. The van der Waals surface area contributed by atoms with Crippen molar-refractivity contribution in [1.29, 1.82) is 0 Å². The molecule has 0 unspecified atom stereocenters. The predicted molar refractivity (Wildman–Crippen MR) is 83.6 cm³/mol. The minimum atomic E-state index is -0.302. The van der Waals surface area contributed by atoms with Crippen molar-refractivity contribution in [1.82, 2.24) is 10.2 Å². The molecule has 0 aromatic heterocycles. The summed E-state index contributed by atoms with van der Waals surface area (Å²) < 4.78 is 10.4. The first-order chi connectivity index (χ1) is 10.6. The van der Waals surface area contributed by atoms with Crippen molar-refractivity contribution in [2.45, 2.75) is 18.5 Å². The van der Waals surface area contributed by atoms with Gasteiger partial charge in [-0.15, -0.1) is 0 Å². The monoisotopic (exact) mass is 309 g/mol. The minimum absolute atomic E-state index is 0.0127.